The van der Waals surface area contributed by atoms with Gasteiger partial charge in [-0.05, 0) is 64.3 Å². The molecule has 198 valence electrons. The third-order valence-corrected chi connectivity index (χ3v) is 6.95. The average Bonchev–Trinajstić information content (AvgIpc) is 3.25. The van der Waals surface area contributed by atoms with Gasteiger partial charge in [-0.2, -0.15) is 5.10 Å². The number of carbonyl (C=O) groups excluding carboxylic acids is 2. The van der Waals surface area contributed by atoms with E-state index in [4.69, 9.17) is 9.84 Å². The van der Waals surface area contributed by atoms with E-state index in [1.54, 1.807) is 40.8 Å². The molecule has 0 saturated heterocycles. The normalized spacial score (nSPS) is 16.4. The highest BCUT2D eigenvalue weighted by atomic mass is 16.6. The van der Waals surface area contributed by atoms with Crippen LogP contribution in [0, 0.1) is 5.92 Å². The van der Waals surface area contributed by atoms with E-state index in [1.165, 1.54) is 0 Å². The van der Waals surface area contributed by atoms with Crippen molar-refractivity contribution in [1.82, 2.24) is 24.4 Å². The van der Waals surface area contributed by atoms with Gasteiger partial charge in [0, 0.05) is 36.2 Å². The van der Waals surface area contributed by atoms with Crippen LogP contribution in [0.15, 0.2) is 35.3 Å². The largest absolute Gasteiger partial charge is 0.444 e. The standard InChI is InChI=1S/C28H37N5O4/c1-8-17(2)13-20-15-30-33-23-16-31(27(36)37-28(4,5)6)18(3)14-22(23)26(35)32(25(20)33)21-11-9-19(10-12-21)24(34)29-7/h9-12,15,17-18H,8,13-14,16H2,1-7H3,(H,29,34). The maximum absolute atomic E-state index is 14.1. The molecular weight excluding hydrogens is 470 g/mol. The molecule has 0 spiro atoms. The Morgan fingerprint density at radius 1 is 1.22 bits per heavy atom. The van der Waals surface area contributed by atoms with Crippen LogP contribution in [0.25, 0.3) is 11.3 Å². The lowest BCUT2D eigenvalue weighted by atomic mass is 9.98. The number of carbonyl (C=O) groups is 2. The number of amides is 2. The summed E-state index contributed by atoms with van der Waals surface area (Å²) in [6.45, 7) is 12.0. The number of rotatable bonds is 5. The first-order valence-electron chi connectivity index (χ1n) is 12.9. The quantitative estimate of drug-likeness (QED) is 0.560. The number of hydrogen-bond acceptors (Lipinski definition) is 5. The second-order valence-corrected chi connectivity index (χ2v) is 11.0. The van der Waals surface area contributed by atoms with Crippen LogP contribution < -0.4 is 10.9 Å². The predicted molar refractivity (Wildman–Crippen MR) is 142 cm³/mol. The van der Waals surface area contributed by atoms with Gasteiger partial charge in [0.25, 0.3) is 11.5 Å². The smallest absolute Gasteiger partial charge is 0.410 e. The van der Waals surface area contributed by atoms with Crippen LogP contribution >= 0.6 is 0 Å². The van der Waals surface area contributed by atoms with Crippen molar-refractivity contribution in [1.29, 1.82) is 0 Å². The Morgan fingerprint density at radius 2 is 1.89 bits per heavy atom. The first-order valence-corrected chi connectivity index (χ1v) is 12.9. The van der Waals surface area contributed by atoms with Gasteiger partial charge in [0.05, 0.1) is 24.1 Å². The van der Waals surface area contributed by atoms with Crippen molar-refractivity contribution in [3.05, 3.63) is 63.2 Å². The zero-order chi connectivity index (χ0) is 27.1. The number of hydrogen-bond donors (Lipinski definition) is 1. The fourth-order valence-corrected chi connectivity index (χ4v) is 4.76. The van der Waals surface area contributed by atoms with Crippen molar-refractivity contribution in [3.63, 3.8) is 0 Å². The summed E-state index contributed by atoms with van der Waals surface area (Å²) < 4.78 is 9.16. The van der Waals surface area contributed by atoms with E-state index < -0.39 is 11.7 Å². The molecule has 1 aromatic carbocycles. The molecule has 4 rings (SSSR count). The summed E-state index contributed by atoms with van der Waals surface area (Å²) in [6, 6.07) is 6.80. The molecule has 2 unspecified atom stereocenters. The maximum Gasteiger partial charge on any atom is 0.410 e. The van der Waals surface area contributed by atoms with Gasteiger partial charge in [0.1, 0.15) is 11.2 Å². The Hall–Kier alpha value is -3.62. The molecule has 0 aliphatic carbocycles. The van der Waals surface area contributed by atoms with Crippen molar-refractivity contribution in [2.75, 3.05) is 7.05 Å². The zero-order valence-corrected chi connectivity index (χ0v) is 22.8. The van der Waals surface area contributed by atoms with Gasteiger partial charge in [0.15, 0.2) is 0 Å². The molecule has 0 fully saturated rings. The van der Waals surface area contributed by atoms with Crippen molar-refractivity contribution in [3.8, 4) is 5.69 Å². The summed E-state index contributed by atoms with van der Waals surface area (Å²) in [4.78, 5) is 40.8. The Balaban J connectivity index is 1.90. The first kappa shape index (κ1) is 26.4. The summed E-state index contributed by atoms with van der Waals surface area (Å²) in [5, 5.41) is 7.34. The first-order chi connectivity index (χ1) is 17.4. The molecule has 0 radical (unpaired) electrons. The minimum atomic E-state index is -0.619. The van der Waals surface area contributed by atoms with Crippen LogP contribution in [0.1, 0.15) is 75.1 Å². The van der Waals surface area contributed by atoms with Gasteiger partial charge in [-0.25, -0.2) is 9.31 Å². The number of fused-ring (bicyclic) bond motifs is 3. The Labute approximate surface area is 217 Å². The molecule has 2 atom stereocenters. The Kier molecular flexibility index (Phi) is 7.17. The topological polar surface area (TPSA) is 97.9 Å². The highest BCUT2D eigenvalue weighted by molar-refractivity contribution is 5.94. The molecule has 0 bridgehead atoms. The SMILES string of the molecule is CCC(C)Cc1cnn2c3c(c(=O)n(-c4ccc(C(=O)NC)cc4)c12)CC(C)N(C(=O)OC(C)(C)C)C3. The molecule has 1 N–H and O–H groups in total. The van der Waals surface area contributed by atoms with Crippen LogP contribution in [0.3, 0.4) is 0 Å². The minimum absolute atomic E-state index is 0.128. The van der Waals surface area contributed by atoms with Crippen LogP contribution in [0.5, 0.6) is 0 Å². The lowest BCUT2D eigenvalue weighted by molar-refractivity contribution is 0.0131. The van der Waals surface area contributed by atoms with Crippen molar-refractivity contribution in [2.45, 2.75) is 79.0 Å². The molecule has 2 aromatic heterocycles. The third-order valence-electron chi connectivity index (χ3n) is 6.95. The van der Waals surface area contributed by atoms with E-state index in [-0.39, 0.29) is 24.1 Å². The predicted octanol–water partition coefficient (Wildman–Crippen LogP) is 4.12. The van der Waals surface area contributed by atoms with Crippen molar-refractivity contribution < 1.29 is 14.3 Å². The Bertz CT molecular complexity index is 1380. The van der Waals surface area contributed by atoms with E-state index >= 15 is 0 Å². The fourth-order valence-electron chi connectivity index (χ4n) is 4.76. The van der Waals surface area contributed by atoms with Crippen molar-refractivity contribution >= 4 is 17.6 Å². The highest BCUT2D eigenvalue weighted by Crippen LogP contribution is 2.27. The molecule has 1 aliphatic rings. The van der Waals surface area contributed by atoms with Gasteiger partial charge in [-0.15, -0.1) is 0 Å². The van der Waals surface area contributed by atoms with Gasteiger partial charge >= 0.3 is 6.09 Å². The molecule has 3 aromatic rings. The molecule has 2 amide bonds. The lowest BCUT2D eigenvalue weighted by Crippen LogP contribution is -2.48. The van der Waals surface area contributed by atoms with Gasteiger partial charge < -0.3 is 10.1 Å². The van der Waals surface area contributed by atoms with E-state index in [0.29, 0.717) is 40.5 Å². The summed E-state index contributed by atoms with van der Waals surface area (Å²) in [7, 11) is 1.59. The molecule has 37 heavy (non-hydrogen) atoms. The molecule has 3 heterocycles. The minimum Gasteiger partial charge on any atom is -0.444 e. The number of aromatic nitrogens is 3. The lowest BCUT2D eigenvalue weighted by Gasteiger charge is -2.36. The van der Waals surface area contributed by atoms with Crippen LogP contribution in [-0.2, 0) is 24.1 Å². The molecule has 1 aliphatic heterocycles. The number of nitrogens with one attached hydrogen (secondary N) is 1. The number of benzene rings is 1. The Morgan fingerprint density at radius 3 is 2.49 bits per heavy atom. The summed E-state index contributed by atoms with van der Waals surface area (Å²) in [5.41, 5.74) is 3.43. The second kappa shape index (κ2) is 10.0. The van der Waals surface area contributed by atoms with Crippen LogP contribution in [0.2, 0.25) is 0 Å². The van der Waals surface area contributed by atoms with Crippen LogP contribution in [0.4, 0.5) is 4.79 Å². The van der Waals surface area contributed by atoms with Gasteiger partial charge in [-0.3, -0.25) is 19.1 Å². The molecule has 9 nitrogen and oxygen atoms in total. The van der Waals surface area contributed by atoms with Gasteiger partial charge in [0.2, 0.25) is 0 Å². The van der Waals surface area contributed by atoms with E-state index in [1.807, 2.05) is 38.4 Å². The summed E-state index contributed by atoms with van der Waals surface area (Å²) in [5.74, 6) is 0.217. The third kappa shape index (κ3) is 5.12. The molecule has 0 saturated carbocycles. The van der Waals surface area contributed by atoms with Gasteiger partial charge in [-0.1, -0.05) is 20.3 Å². The monoisotopic (exact) mass is 507 g/mol. The summed E-state index contributed by atoms with van der Waals surface area (Å²) in [6.07, 6.45) is 3.57. The summed E-state index contributed by atoms with van der Waals surface area (Å²) >= 11 is 0. The second-order valence-electron chi connectivity index (χ2n) is 11.0. The number of ether oxygens (including phenoxy) is 1. The average molecular weight is 508 g/mol. The van der Waals surface area contributed by atoms with Crippen LogP contribution in [-0.4, -0.2) is 49.8 Å². The van der Waals surface area contributed by atoms with E-state index in [0.717, 1.165) is 18.4 Å². The van der Waals surface area contributed by atoms with E-state index in [2.05, 4.69) is 19.2 Å². The molecule has 9 heteroatoms. The highest BCUT2D eigenvalue weighted by Gasteiger charge is 2.35. The number of nitrogens with zero attached hydrogens (tertiary/aromatic N) is 4. The van der Waals surface area contributed by atoms with E-state index in [9.17, 15) is 14.4 Å². The van der Waals surface area contributed by atoms with Crippen molar-refractivity contribution in [2.24, 2.45) is 5.92 Å². The fraction of sp³-hybridized carbons (Fsp3) is 0.500. The molecular formula is C28H37N5O4. The maximum atomic E-state index is 14.1. The zero-order valence-electron chi connectivity index (χ0n) is 22.8.